The van der Waals surface area contributed by atoms with Crippen LogP contribution in [0.3, 0.4) is 0 Å². The van der Waals surface area contributed by atoms with E-state index in [0.29, 0.717) is 39.9 Å². The van der Waals surface area contributed by atoms with Crippen molar-refractivity contribution in [1.82, 2.24) is 4.90 Å². The van der Waals surface area contributed by atoms with Crippen molar-refractivity contribution in [1.29, 1.82) is 0 Å². The van der Waals surface area contributed by atoms with Crippen molar-refractivity contribution in [3.8, 4) is 11.5 Å². The lowest BCUT2D eigenvalue weighted by Crippen LogP contribution is -2.39. The summed E-state index contributed by atoms with van der Waals surface area (Å²) in [5.74, 6) is -0.333. The summed E-state index contributed by atoms with van der Waals surface area (Å²) >= 11 is 13.8. The van der Waals surface area contributed by atoms with Crippen LogP contribution in [0.25, 0.3) is 0 Å². The van der Waals surface area contributed by atoms with Crippen LogP contribution in [0, 0.1) is 17.0 Å². The molecule has 49 heavy (non-hydrogen) atoms. The summed E-state index contributed by atoms with van der Waals surface area (Å²) < 4.78 is 71.9. The summed E-state index contributed by atoms with van der Waals surface area (Å²) in [5, 5.41) is 12.4. The van der Waals surface area contributed by atoms with Crippen LogP contribution in [0.2, 0.25) is 10.0 Å². The van der Waals surface area contributed by atoms with E-state index < -0.39 is 28.7 Å². The number of anilines is 1. The van der Waals surface area contributed by atoms with Crippen LogP contribution in [0.4, 0.5) is 13.8 Å². The summed E-state index contributed by atoms with van der Waals surface area (Å²) in [4.78, 5) is 16.1. The third kappa shape index (κ3) is 9.66. The number of carbonyl (C=O) groups excluding carboxylic acids is 1. The number of aromatic nitrogens is 1. The van der Waals surface area contributed by atoms with E-state index in [9.17, 15) is 27.2 Å². The van der Waals surface area contributed by atoms with Gasteiger partial charge in [-0.25, -0.2) is 13.2 Å². The number of ether oxygens (including phenoxy) is 3. The van der Waals surface area contributed by atoms with E-state index in [2.05, 4.69) is 9.64 Å². The Bertz CT molecular complexity index is 1730. The van der Waals surface area contributed by atoms with Gasteiger partial charge in [-0.2, -0.15) is 13.5 Å². The van der Waals surface area contributed by atoms with E-state index in [0.717, 1.165) is 75.3 Å². The van der Waals surface area contributed by atoms with Crippen molar-refractivity contribution < 1.29 is 40.9 Å². The smallest absolute Gasteiger partial charge is 0.387 e. The van der Waals surface area contributed by atoms with Gasteiger partial charge in [0.15, 0.2) is 23.9 Å². The van der Waals surface area contributed by atoms with Gasteiger partial charge >= 0.3 is 12.6 Å². The highest BCUT2D eigenvalue weighted by Gasteiger charge is 2.34. The molecule has 0 radical (unpaired) electrons. The van der Waals surface area contributed by atoms with Gasteiger partial charge in [0, 0.05) is 25.1 Å². The molecular formula is C33H37Cl2F2N3O7S2. The molecule has 0 bridgehead atoms. The Kier molecular flexibility index (Phi) is 11.4. The molecule has 3 aliphatic rings. The normalized spacial score (nSPS) is 17.3. The molecule has 2 aromatic heterocycles. The van der Waals surface area contributed by atoms with Crippen molar-refractivity contribution in [3.63, 3.8) is 0 Å². The van der Waals surface area contributed by atoms with Crippen molar-refractivity contribution in [2.75, 3.05) is 42.8 Å². The van der Waals surface area contributed by atoms with Crippen LogP contribution >= 0.6 is 34.5 Å². The van der Waals surface area contributed by atoms with Gasteiger partial charge in [-0.3, -0.25) is 4.31 Å². The average Bonchev–Trinajstić information content (AvgIpc) is 3.93. The second kappa shape index (κ2) is 15.5. The number of pyridine rings is 1. The molecule has 0 N–H and O–H groups in total. The monoisotopic (exact) mass is 759 g/mol. The minimum atomic E-state index is -3.63. The van der Waals surface area contributed by atoms with Gasteiger partial charge in [0.05, 0.1) is 12.4 Å². The fourth-order valence-corrected chi connectivity index (χ4v) is 9.39. The average molecular weight is 761 g/mol. The van der Waals surface area contributed by atoms with Crippen LogP contribution in [0.1, 0.15) is 65.4 Å². The van der Waals surface area contributed by atoms with E-state index in [1.807, 2.05) is 0 Å². The predicted octanol–water partition coefficient (Wildman–Crippen LogP) is 6.86. The first-order chi connectivity index (χ1) is 23.4. The fourth-order valence-electron chi connectivity index (χ4n) is 5.72. The zero-order chi connectivity index (χ0) is 34.7. The number of halogens is 4. The highest BCUT2D eigenvalue weighted by atomic mass is 35.5. The maximum Gasteiger partial charge on any atom is 0.387 e. The summed E-state index contributed by atoms with van der Waals surface area (Å²) in [6.07, 6.45) is 6.97. The van der Waals surface area contributed by atoms with Gasteiger partial charge in [-0.05, 0) is 93.3 Å². The molecule has 0 spiro atoms. The molecule has 0 amide bonds. The number of hydrogen-bond acceptors (Lipinski definition) is 9. The molecule has 3 heterocycles. The Balaban J connectivity index is 1.27. The maximum absolute atomic E-state index is 13.7. The second-order valence-electron chi connectivity index (χ2n) is 12.7. The maximum atomic E-state index is 13.7. The molecule has 3 aromatic rings. The van der Waals surface area contributed by atoms with Crippen LogP contribution in [0.15, 0.2) is 42.7 Å². The van der Waals surface area contributed by atoms with Crippen LogP contribution < -0.4 is 18.5 Å². The van der Waals surface area contributed by atoms with Gasteiger partial charge < -0.3 is 24.3 Å². The Labute approximate surface area is 298 Å². The lowest BCUT2D eigenvalue weighted by Gasteiger charge is -2.25. The number of alkyl halides is 2. The van der Waals surface area contributed by atoms with Crippen LogP contribution in [-0.4, -0.2) is 64.4 Å². The number of sulfonamides is 1. The number of benzene rings is 1. The topological polar surface area (TPSA) is 112 Å². The Morgan fingerprint density at radius 2 is 1.73 bits per heavy atom. The first kappa shape index (κ1) is 35.9. The van der Waals surface area contributed by atoms with Crippen molar-refractivity contribution in [3.05, 3.63) is 74.0 Å². The van der Waals surface area contributed by atoms with Gasteiger partial charge in [0.25, 0.3) is 0 Å². The quantitative estimate of drug-likeness (QED) is 0.0834. The van der Waals surface area contributed by atoms with Crippen LogP contribution in [0.5, 0.6) is 11.5 Å². The lowest BCUT2D eigenvalue weighted by molar-refractivity contribution is -0.605. The number of hydrogen-bond donors (Lipinski definition) is 0. The highest BCUT2D eigenvalue weighted by Crippen LogP contribution is 2.39. The molecule has 2 aliphatic carbocycles. The first-order valence-corrected chi connectivity index (χ1v) is 19.4. The fraction of sp³-hybridized carbons (Fsp3) is 0.515. The Morgan fingerprint density at radius 1 is 1.04 bits per heavy atom. The Hall–Kier alpha value is -2.91. The zero-order valence-corrected chi connectivity index (χ0v) is 29.7. The van der Waals surface area contributed by atoms with Crippen molar-refractivity contribution >= 4 is 55.5 Å². The standard InChI is InChI=1S/C33H37Cl2F2N3O7S2/c34-25-17-39(42)18-26(35)24(25)16-28(23-7-8-27(47-33(36)37)29(15-23)45-19-21-3-4-21)46-32(41)30-9-10-31(48-30)40(14-13-38-11-1-2-12-38)49(43,44)20-22-5-6-22/h7-10,15,17-18,21-22,28,33H,1-6,11-14,16,19-20H2/t28-/m0/s1. The number of esters is 1. The van der Waals surface area contributed by atoms with Crippen LogP contribution in [-0.2, 0) is 21.2 Å². The van der Waals surface area contributed by atoms with E-state index in [-0.39, 0.29) is 51.1 Å². The van der Waals surface area contributed by atoms with Gasteiger partial charge in [-0.15, -0.1) is 11.3 Å². The summed E-state index contributed by atoms with van der Waals surface area (Å²) in [7, 11) is -3.63. The highest BCUT2D eigenvalue weighted by molar-refractivity contribution is 7.93. The van der Waals surface area contributed by atoms with E-state index in [4.69, 9.17) is 32.7 Å². The molecule has 16 heteroatoms. The lowest BCUT2D eigenvalue weighted by atomic mass is 10.0. The summed E-state index contributed by atoms with van der Waals surface area (Å²) in [6.45, 7) is -0.0711. The molecule has 2 saturated carbocycles. The molecule has 1 aromatic carbocycles. The second-order valence-corrected chi connectivity index (χ2v) is 16.5. The molecular weight excluding hydrogens is 723 g/mol. The molecule has 10 nitrogen and oxygen atoms in total. The largest absolute Gasteiger partial charge is 0.619 e. The van der Waals surface area contributed by atoms with Gasteiger partial charge in [-0.1, -0.05) is 29.3 Å². The zero-order valence-electron chi connectivity index (χ0n) is 26.6. The van der Waals surface area contributed by atoms with Gasteiger partial charge in [0.1, 0.15) is 26.0 Å². The molecule has 3 fully saturated rings. The molecule has 6 rings (SSSR count). The van der Waals surface area contributed by atoms with Crippen molar-refractivity contribution in [2.24, 2.45) is 11.8 Å². The van der Waals surface area contributed by atoms with E-state index in [1.165, 1.54) is 28.6 Å². The minimum absolute atomic E-state index is 0.0410. The molecule has 266 valence electrons. The number of thiophene rings is 1. The van der Waals surface area contributed by atoms with E-state index in [1.54, 1.807) is 6.07 Å². The van der Waals surface area contributed by atoms with Crippen molar-refractivity contribution in [2.45, 2.75) is 57.7 Å². The number of carbonyl (C=O) groups is 1. The minimum Gasteiger partial charge on any atom is -0.619 e. The number of likely N-dealkylation sites (tertiary alicyclic amines) is 1. The molecule has 1 aliphatic heterocycles. The van der Waals surface area contributed by atoms with Gasteiger partial charge in [0.2, 0.25) is 10.0 Å². The third-order valence-corrected chi connectivity index (χ3v) is 12.6. The third-order valence-electron chi connectivity index (χ3n) is 8.76. The summed E-state index contributed by atoms with van der Waals surface area (Å²) in [6, 6.07) is 7.41. The number of rotatable bonds is 17. The Morgan fingerprint density at radius 3 is 2.39 bits per heavy atom. The molecule has 1 atom stereocenters. The molecule has 1 saturated heterocycles. The summed E-state index contributed by atoms with van der Waals surface area (Å²) in [5.41, 5.74) is 0.704. The predicted molar refractivity (Wildman–Crippen MR) is 182 cm³/mol. The molecule has 0 unspecified atom stereocenters. The first-order valence-electron chi connectivity index (χ1n) is 16.3. The van der Waals surface area contributed by atoms with E-state index >= 15 is 0 Å². The number of nitrogens with zero attached hydrogens (tertiary/aromatic N) is 3. The SMILES string of the molecule is O=C(O[C@@H](Cc1c(Cl)c[n+]([O-])cc1Cl)c1ccc(OC(F)F)c(OCC2CC2)c1)c1ccc(N(CCN2CCCC2)S(=O)(=O)CC2CC2)s1.